The number of benzene rings is 2. The lowest BCUT2D eigenvalue weighted by molar-refractivity contribution is 0.0975. The zero-order chi connectivity index (χ0) is 21.3. The highest BCUT2D eigenvalue weighted by molar-refractivity contribution is 7.09. The molecule has 2 heterocycles. The van der Waals surface area contributed by atoms with E-state index in [0.717, 1.165) is 16.4 Å². The number of aryl methyl sites for hydroxylation is 2. The molecule has 0 spiro atoms. The van der Waals surface area contributed by atoms with Gasteiger partial charge in [0.25, 0.3) is 5.91 Å². The van der Waals surface area contributed by atoms with E-state index in [1.807, 2.05) is 12.3 Å². The van der Waals surface area contributed by atoms with Crippen LogP contribution in [-0.2, 0) is 6.54 Å². The molecular weight excluding hydrogens is 425 g/mol. The van der Waals surface area contributed by atoms with Gasteiger partial charge < -0.3 is 0 Å². The number of anilines is 1. The second kappa shape index (κ2) is 8.33. The normalized spacial score (nSPS) is 10.9. The molecule has 2 aromatic heterocycles. The average molecular weight is 442 g/mol. The van der Waals surface area contributed by atoms with Crippen LogP contribution in [-0.4, -0.2) is 25.7 Å². The number of nitrogens with zero attached hydrogens (tertiary/aromatic N) is 5. The highest BCUT2D eigenvalue weighted by atomic mass is 35.5. The summed E-state index contributed by atoms with van der Waals surface area (Å²) in [7, 11) is 0. The number of hydrogen-bond acceptors (Lipinski definition) is 5. The first kappa shape index (κ1) is 20.2. The van der Waals surface area contributed by atoms with E-state index >= 15 is 0 Å². The van der Waals surface area contributed by atoms with Crippen LogP contribution in [0.1, 0.15) is 27.1 Å². The monoisotopic (exact) mass is 441 g/mol. The summed E-state index contributed by atoms with van der Waals surface area (Å²) in [6, 6.07) is 12.8. The van der Waals surface area contributed by atoms with Crippen molar-refractivity contribution >= 4 is 34.5 Å². The van der Waals surface area contributed by atoms with E-state index in [2.05, 4.69) is 15.1 Å². The van der Waals surface area contributed by atoms with Crippen LogP contribution in [0.15, 0.2) is 53.9 Å². The molecule has 0 aliphatic heterocycles. The van der Waals surface area contributed by atoms with E-state index in [9.17, 15) is 9.18 Å². The number of halogens is 2. The zero-order valence-corrected chi connectivity index (χ0v) is 17.8. The van der Waals surface area contributed by atoms with Crippen molar-refractivity contribution in [3.05, 3.63) is 87.1 Å². The van der Waals surface area contributed by atoms with Gasteiger partial charge in [-0.05, 0) is 62.4 Å². The molecule has 0 bridgehead atoms. The van der Waals surface area contributed by atoms with Crippen molar-refractivity contribution in [1.29, 1.82) is 0 Å². The lowest BCUT2D eigenvalue weighted by Crippen LogP contribution is -2.31. The van der Waals surface area contributed by atoms with Gasteiger partial charge in [0, 0.05) is 16.1 Å². The standard InChI is InChI=1S/C21H17ClFN5OS/c1-13-24-20(26-28(13)19-7-3-15(22)4-8-19)21(29)27(11-17-12-30-14(2)25-17)18-9-5-16(23)6-10-18/h3-10,12H,11H2,1-2H3. The minimum Gasteiger partial charge on any atom is -0.300 e. The fourth-order valence-electron chi connectivity index (χ4n) is 2.97. The third kappa shape index (κ3) is 4.24. The van der Waals surface area contributed by atoms with Crippen LogP contribution in [0.5, 0.6) is 0 Å². The molecule has 152 valence electrons. The quantitative estimate of drug-likeness (QED) is 0.438. The Balaban J connectivity index is 1.70. The van der Waals surface area contributed by atoms with Gasteiger partial charge in [0.1, 0.15) is 11.6 Å². The second-order valence-corrected chi connectivity index (χ2v) is 8.10. The molecule has 6 nitrogen and oxygen atoms in total. The van der Waals surface area contributed by atoms with Gasteiger partial charge in [-0.15, -0.1) is 16.4 Å². The van der Waals surface area contributed by atoms with Crippen molar-refractivity contribution in [2.75, 3.05) is 4.90 Å². The van der Waals surface area contributed by atoms with Crippen LogP contribution in [0, 0.1) is 19.7 Å². The summed E-state index contributed by atoms with van der Waals surface area (Å²) in [4.78, 5) is 23.6. The SMILES string of the molecule is Cc1nc(CN(C(=O)c2nc(C)n(-c3ccc(Cl)cc3)n2)c2ccc(F)cc2)cs1. The van der Waals surface area contributed by atoms with E-state index in [1.54, 1.807) is 48.0 Å². The fourth-order valence-corrected chi connectivity index (χ4v) is 3.70. The molecule has 1 amide bonds. The summed E-state index contributed by atoms with van der Waals surface area (Å²) in [5.74, 6) is -0.178. The summed E-state index contributed by atoms with van der Waals surface area (Å²) in [5.41, 5.74) is 2.02. The van der Waals surface area contributed by atoms with Gasteiger partial charge >= 0.3 is 0 Å². The zero-order valence-electron chi connectivity index (χ0n) is 16.2. The van der Waals surface area contributed by atoms with Crippen molar-refractivity contribution < 1.29 is 9.18 Å². The largest absolute Gasteiger partial charge is 0.300 e. The fraction of sp³-hybridized carbons (Fsp3) is 0.143. The molecule has 0 aliphatic rings. The summed E-state index contributed by atoms with van der Waals surface area (Å²) >= 11 is 7.46. The number of aromatic nitrogens is 4. The maximum atomic E-state index is 13.4. The minimum absolute atomic E-state index is 0.0405. The van der Waals surface area contributed by atoms with Gasteiger partial charge in [-0.1, -0.05) is 11.6 Å². The molecule has 0 unspecified atom stereocenters. The van der Waals surface area contributed by atoms with E-state index in [-0.39, 0.29) is 18.2 Å². The van der Waals surface area contributed by atoms with Crippen LogP contribution >= 0.6 is 22.9 Å². The lowest BCUT2D eigenvalue weighted by atomic mass is 10.2. The third-order valence-corrected chi connectivity index (χ3v) is 5.48. The first-order valence-electron chi connectivity index (χ1n) is 9.09. The number of carbonyl (C=O) groups excluding carboxylic acids is 1. The molecule has 9 heteroatoms. The number of amides is 1. The van der Waals surface area contributed by atoms with Crippen molar-refractivity contribution in [2.24, 2.45) is 0 Å². The Hall–Kier alpha value is -3.10. The van der Waals surface area contributed by atoms with E-state index in [1.165, 1.54) is 28.4 Å². The third-order valence-electron chi connectivity index (χ3n) is 4.40. The lowest BCUT2D eigenvalue weighted by Gasteiger charge is -2.20. The number of thiazole rings is 1. The molecule has 0 saturated carbocycles. The van der Waals surface area contributed by atoms with Crippen molar-refractivity contribution in [3.63, 3.8) is 0 Å². The Labute approximate surface area is 181 Å². The van der Waals surface area contributed by atoms with Gasteiger partial charge in [-0.3, -0.25) is 9.69 Å². The molecule has 0 aliphatic carbocycles. The van der Waals surface area contributed by atoms with Gasteiger partial charge in [0.05, 0.1) is 22.9 Å². The Morgan fingerprint density at radius 1 is 1.10 bits per heavy atom. The number of hydrogen-bond donors (Lipinski definition) is 0. The molecule has 0 saturated heterocycles. The van der Waals surface area contributed by atoms with E-state index in [4.69, 9.17) is 11.6 Å². The molecule has 4 rings (SSSR count). The van der Waals surface area contributed by atoms with Crippen LogP contribution < -0.4 is 4.90 Å². The number of carbonyl (C=O) groups is 1. The smallest absolute Gasteiger partial charge is 0.298 e. The first-order valence-corrected chi connectivity index (χ1v) is 10.3. The molecular formula is C21H17ClFN5OS. The maximum Gasteiger partial charge on any atom is 0.298 e. The summed E-state index contributed by atoms with van der Waals surface area (Å²) in [5, 5.41) is 7.80. The van der Waals surface area contributed by atoms with Gasteiger partial charge in [0.15, 0.2) is 0 Å². The van der Waals surface area contributed by atoms with Crippen LogP contribution in [0.4, 0.5) is 10.1 Å². The molecule has 0 atom stereocenters. The van der Waals surface area contributed by atoms with Gasteiger partial charge in [0.2, 0.25) is 5.82 Å². The molecule has 2 aromatic carbocycles. The second-order valence-electron chi connectivity index (χ2n) is 6.60. The average Bonchev–Trinajstić information content (AvgIpc) is 3.32. The first-order chi connectivity index (χ1) is 14.4. The van der Waals surface area contributed by atoms with Crippen LogP contribution in [0.3, 0.4) is 0 Å². The Kier molecular flexibility index (Phi) is 5.61. The summed E-state index contributed by atoms with van der Waals surface area (Å²) in [6.07, 6.45) is 0. The Morgan fingerprint density at radius 3 is 2.43 bits per heavy atom. The molecule has 0 N–H and O–H groups in total. The Morgan fingerprint density at radius 2 is 1.80 bits per heavy atom. The van der Waals surface area contributed by atoms with Crippen molar-refractivity contribution in [1.82, 2.24) is 19.7 Å². The minimum atomic E-state index is -0.400. The molecule has 30 heavy (non-hydrogen) atoms. The van der Waals surface area contributed by atoms with Gasteiger partial charge in [-0.25, -0.2) is 19.0 Å². The van der Waals surface area contributed by atoms with E-state index < -0.39 is 5.91 Å². The van der Waals surface area contributed by atoms with E-state index in [0.29, 0.717) is 16.5 Å². The molecule has 0 fully saturated rings. The molecule has 4 aromatic rings. The summed E-state index contributed by atoms with van der Waals surface area (Å²) in [6.45, 7) is 3.89. The van der Waals surface area contributed by atoms with Crippen molar-refractivity contribution in [2.45, 2.75) is 20.4 Å². The van der Waals surface area contributed by atoms with Gasteiger partial charge in [-0.2, -0.15) is 0 Å². The van der Waals surface area contributed by atoms with Crippen LogP contribution in [0.25, 0.3) is 5.69 Å². The van der Waals surface area contributed by atoms with Crippen molar-refractivity contribution in [3.8, 4) is 5.69 Å². The highest BCUT2D eigenvalue weighted by Crippen LogP contribution is 2.22. The maximum absolute atomic E-state index is 13.4. The molecule has 0 radical (unpaired) electrons. The number of rotatable bonds is 5. The topological polar surface area (TPSA) is 63.9 Å². The predicted molar refractivity (Wildman–Crippen MR) is 115 cm³/mol. The highest BCUT2D eigenvalue weighted by Gasteiger charge is 2.24. The Bertz CT molecular complexity index is 1190. The van der Waals surface area contributed by atoms with Crippen LogP contribution in [0.2, 0.25) is 5.02 Å². The summed E-state index contributed by atoms with van der Waals surface area (Å²) < 4.78 is 15.0. The predicted octanol–water partition coefficient (Wildman–Crippen LogP) is 4.98.